The molecule has 0 aliphatic carbocycles. The Morgan fingerprint density at radius 2 is 2.25 bits per heavy atom. The molecule has 4 heteroatoms. The minimum Gasteiger partial charge on any atom is -0.504 e. The zero-order valence-corrected chi connectivity index (χ0v) is 5.92. The number of hydrogen-bond donors (Lipinski definition) is 4. The average Bonchev–Trinajstić information content (AvgIpc) is 2.22. The minimum absolute atomic E-state index is 0.937. The van der Waals surface area contributed by atoms with Crippen molar-refractivity contribution in [3.05, 3.63) is 23.7 Å². The molecule has 0 radical (unpaired) electrons. The highest BCUT2D eigenvalue weighted by molar-refractivity contribution is 5.41. The van der Waals surface area contributed by atoms with E-state index in [9.17, 15) is 15.3 Å². The lowest BCUT2D eigenvalue weighted by Gasteiger charge is -2.08. The number of benzene rings is 1. The van der Waals surface area contributed by atoms with Crippen molar-refractivity contribution in [3.8, 4) is 11.5 Å². The van der Waals surface area contributed by atoms with Crippen LogP contribution in [0.3, 0.4) is 0 Å². The molecule has 0 fully saturated rings. The normalized spacial score (nSPS) is 23.8. The van der Waals surface area contributed by atoms with E-state index in [4.69, 9.17) is 14.0 Å². The van der Waals surface area contributed by atoms with Crippen LogP contribution in [0, 0.1) is 0 Å². The van der Waals surface area contributed by atoms with Crippen molar-refractivity contribution >= 4 is 0 Å². The fourth-order valence-corrected chi connectivity index (χ4v) is 0.580. The summed E-state index contributed by atoms with van der Waals surface area (Å²) in [5.74, 6) is -2.18. The molecule has 1 aromatic rings. The van der Waals surface area contributed by atoms with Crippen molar-refractivity contribution in [2.45, 2.75) is 6.08 Å². The van der Waals surface area contributed by atoms with Gasteiger partial charge in [0, 0.05) is 9.24 Å². The number of hydrogen-bond acceptors (Lipinski definition) is 4. The fraction of sp³-hybridized carbons (Fsp3) is 0.250. The van der Waals surface area contributed by atoms with E-state index in [0.717, 1.165) is 0 Å². The SMILES string of the molecule is [2H]c1c([2H])c([C@@]([2H])(O)C([2H])([2H])N)c([2H])c(O)c1O. The molecule has 1 aromatic carbocycles. The first-order valence-electron chi connectivity index (χ1n) is 5.96. The van der Waals surface area contributed by atoms with Crippen molar-refractivity contribution in [3.63, 3.8) is 0 Å². The summed E-state index contributed by atoms with van der Waals surface area (Å²) in [6.45, 7) is -3.03. The van der Waals surface area contributed by atoms with Crippen LogP contribution < -0.4 is 5.73 Å². The Kier molecular flexibility index (Phi) is 1.04. The average molecular weight is 175 g/mol. The molecule has 1 atom stereocenters. The monoisotopic (exact) mass is 175 g/mol. The number of phenols is 2. The molecule has 0 unspecified atom stereocenters. The lowest BCUT2D eigenvalue weighted by atomic mass is 10.1. The van der Waals surface area contributed by atoms with Gasteiger partial charge in [-0.2, -0.15) is 0 Å². The van der Waals surface area contributed by atoms with Gasteiger partial charge >= 0.3 is 0 Å². The van der Waals surface area contributed by atoms with Crippen LogP contribution in [-0.2, 0) is 0 Å². The van der Waals surface area contributed by atoms with Crippen molar-refractivity contribution in [2.24, 2.45) is 5.73 Å². The molecule has 5 N–H and O–H groups in total. The molecule has 4 nitrogen and oxygen atoms in total. The Labute approximate surface area is 78.3 Å². The highest BCUT2D eigenvalue weighted by Gasteiger charge is 2.07. The second kappa shape index (κ2) is 3.42. The highest BCUT2D eigenvalue weighted by Crippen LogP contribution is 2.27. The van der Waals surface area contributed by atoms with Gasteiger partial charge in [-0.3, -0.25) is 0 Å². The van der Waals surface area contributed by atoms with Gasteiger partial charge in [0.1, 0.15) is 0 Å². The number of rotatable bonds is 2. The van der Waals surface area contributed by atoms with Crippen LogP contribution in [0.2, 0.25) is 0 Å². The standard InChI is InChI=1S/C8H11NO3/c9-4-8(12)5-1-2-6(10)7(11)3-5/h1-3,8,10-12H,4,9H2/t8-/m0/s1/i1D,2D,3D,4D2,8D. The summed E-state index contributed by atoms with van der Waals surface area (Å²) in [6, 6.07) is -2.92. The van der Waals surface area contributed by atoms with Crippen molar-refractivity contribution in [2.75, 3.05) is 6.50 Å². The second-order valence-electron chi connectivity index (χ2n) is 1.94. The summed E-state index contributed by atoms with van der Waals surface area (Å²) in [4.78, 5) is 0. The van der Waals surface area contributed by atoms with Crippen molar-refractivity contribution in [1.82, 2.24) is 0 Å². The summed E-state index contributed by atoms with van der Waals surface area (Å²) in [6.07, 6.45) is -3.22. The van der Waals surface area contributed by atoms with Crippen LogP contribution in [0.15, 0.2) is 18.1 Å². The quantitative estimate of drug-likeness (QED) is 0.480. The van der Waals surface area contributed by atoms with Gasteiger partial charge in [-0.1, -0.05) is 6.04 Å². The van der Waals surface area contributed by atoms with Crippen LogP contribution in [0.5, 0.6) is 11.5 Å². The van der Waals surface area contributed by atoms with E-state index in [2.05, 4.69) is 0 Å². The molecular weight excluding hydrogens is 158 g/mol. The van der Waals surface area contributed by atoms with Crippen LogP contribution >= 0.6 is 0 Å². The van der Waals surface area contributed by atoms with Crippen LogP contribution in [0.1, 0.15) is 19.9 Å². The van der Waals surface area contributed by atoms with E-state index in [1.165, 1.54) is 0 Å². The van der Waals surface area contributed by atoms with Gasteiger partial charge in [0.2, 0.25) is 0 Å². The predicted molar refractivity (Wildman–Crippen MR) is 43.8 cm³/mol. The molecule has 0 amide bonds. The molecule has 0 spiro atoms. The topological polar surface area (TPSA) is 86.7 Å². The van der Waals surface area contributed by atoms with E-state index >= 15 is 0 Å². The molecule has 0 saturated heterocycles. The summed E-state index contributed by atoms with van der Waals surface area (Å²) >= 11 is 0. The third-order valence-electron chi connectivity index (χ3n) is 1.15. The van der Waals surface area contributed by atoms with Crippen LogP contribution in [-0.4, -0.2) is 21.8 Å². The summed E-state index contributed by atoms with van der Waals surface area (Å²) in [5, 5.41) is 28.2. The third-order valence-corrected chi connectivity index (χ3v) is 1.15. The summed E-state index contributed by atoms with van der Waals surface area (Å²) in [5.41, 5.74) is 3.95. The van der Waals surface area contributed by atoms with Gasteiger partial charge in [0.05, 0.1) is 11.6 Å². The molecular formula is C8H11NO3. The number of phenolic OH excluding ortho intramolecular Hbond substituents is 2. The van der Waals surface area contributed by atoms with Gasteiger partial charge in [-0.05, 0) is 17.6 Å². The van der Waals surface area contributed by atoms with Crippen molar-refractivity contribution in [1.29, 1.82) is 0 Å². The Morgan fingerprint density at radius 3 is 2.83 bits per heavy atom. The van der Waals surface area contributed by atoms with Gasteiger partial charge in [0.15, 0.2) is 11.5 Å². The van der Waals surface area contributed by atoms with Crippen LogP contribution in [0.4, 0.5) is 0 Å². The zero-order chi connectivity index (χ0) is 14.5. The molecule has 0 aliphatic rings. The second-order valence-corrected chi connectivity index (χ2v) is 1.94. The lowest BCUT2D eigenvalue weighted by Crippen LogP contribution is -2.11. The van der Waals surface area contributed by atoms with Gasteiger partial charge in [0.25, 0.3) is 0 Å². The van der Waals surface area contributed by atoms with Gasteiger partial charge in [-0.15, -0.1) is 0 Å². The Morgan fingerprint density at radius 1 is 1.58 bits per heavy atom. The van der Waals surface area contributed by atoms with E-state index in [1.54, 1.807) is 0 Å². The predicted octanol–water partition coefficient (Wildman–Crippen LogP) is 0.0899. The smallest absolute Gasteiger partial charge is 0.157 e. The molecule has 0 bridgehead atoms. The van der Waals surface area contributed by atoms with Crippen molar-refractivity contribution < 1.29 is 23.5 Å². The first-order chi connectivity index (χ1) is 7.93. The molecule has 1 rings (SSSR count). The lowest BCUT2D eigenvalue weighted by molar-refractivity contribution is 0.186. The Bertz CT molecular complexity index is 470. The summed E-state index contributed by atoms with van der Waals surface area (Å²) < 4.78 is 43.7. The first-order valence-corrected chi connectivity index (χ1v) is 2.96. The van der Waals surface area contributed by atoms with E-state index in [0.29, 0.717) is 0 Å². The summed E-state index contributed by atoms with van der Waals surface area (Å²) in [7, 11) is 0. The maximum Gasteiger partial charge on any atom is 0.157 e. The van der Waals surface area contributed by atoms with Gasteiger partial charge in [-0.25, -0.2) is 0 Å². The largest absolute Gasteiger partial charge is 0.504 e. The molecule has 12 heavy (non-hydrogen) atoms. The first kappa shape index (κ1) is 3.64. The number of aromatic hydroxyl groups is 2. The molecule has 0 aliphatic heterocycles. The van der Waals surface area contributed by atoms with Gasteiger partial charge < -0.3 is 21.1 Å². The highest BCUT2D eigenvalue weighted by atomic mass is 16.3. The molecule has 0 aromatic heterocycles. The molecule has 66 valence electrons. The number of aliphatic hydroxyl groups is 1. The number of nitrogens with two attached hydrogens (primary N) is 1. The Hall–Kier alpha value is -1.26. The van der Waals surface area contributed by atoms with E-state index < -0.39 is 47.8 Å². The Balaban J connectivity index is 3.72. The zero-order valence-electron chi connectivity index (χ0n) is 11.9. The maximum absolute atomic E-state index is 9.67. The third kappa shape index (κ3) is 1.66. The van der Waals surface area contributed by atoms with E-state index in [-0.39, 0.29) is 0 Å². The van der Waals surface area contributed by atoms with Crippen LogP contribution in [0.25, 0.3) is 0 Å². The fourth-order valence-electron chi connectivity index (χ4n) is 0.580. The minimum atomic E-state index is -3.22. The maximum atomic E-state index is 9.67. The molecule has 0 saturated carbocycles. The van der Waals surface area contributed by atoms with E-state index in [1.807, 2.05) is 0 Å². The molecule has 0 heterocycles.